The molecule has 0 aliphatic carbocycles. The van der Waals surface area contributed by atoms with Crippen molar-refractivity contribution in [3.8, 4) is 0 Å². The summed E-state index contributed by atoms with van der Waals surface area (Å²) in [5.74, 6) is 0. The van der Waals surface area contributed by atoms with Crippen LogP contribution in [0.15, 0.2) is 0 Å². The van der Waals surface area contributed by atoms with Crippen LogP contribution in [0.4, 0.5) is 4.79 Å². The molecule has 1 aliphatic rings. The summed E-state index contributed by atoms with van der Waals surface area (Å²) in [6.07, 6.45) is 0.321. The van der Waals surface area contributed by atoms with Crippen LogP contribution in [0.25, 0.3) is 0 Å². The van der Waals surface area contributed by atoms with Gasteiger partial charge in [-0.25, -0.2) is 4.79 Å². The molecule has 1 rings (SSSR count). The molecule has 0 spiro atoms. The minimum Gasteiger partial charge on any atom is -0.465 e. The zero-order chi connectivity index (χ0) is 12.4. The average Bonchev–Trinajstić information content (AvgIpc) is 2.59. The fraction of sp³-hybridized carbons (Fsp3) is 0.889. The number of carbonyl (C=O) groups is 1. The standard InChI is InChI=1S/C9H22O4Si3/c1-15(2,3)16(4,13-14)6-5-8-7-11-9(10)12-8/h8H,5-7H2,1-4,14H3. The maximum atomic E-state index is 10.8. The van der Waals surface area contributed by atoms with E-state index in [2.05, 4.69) is 26.2 Å². The molecule has 0 aromatic heterocycles. The van der Waals surface area contributed by atoms with E-state index in [1.165, 1.54) is 0 Å². The molecular weight excluding hydrogens is 256 g/mol. The highest BCUT2D eigenvalue weighted by molar-refractivity contribution is 7.38. The minimum absolute atomic E-state index is 0.0486. The molecule has 0 aromatic carbocycles. The highest BCUT2D eigenvalue weighted by Gasteiger charge is 2.42. The van der Waals surface area contributed by atoms with Gasteiger partial charge in [-0.05, 0) is 19.0 Å². The van der Waals surface area contributed by atoms with Gasteiger partial charge in [0, 0.05) is 0 Å². The topological polar surface area (TPSA) is 44.8 Å². The molecule has 0 radical (unpaired) electrons. The van der Waals surface area contributed by atoms with Gasteiger partial charge in [-0.1, -0.05) is 19.6 Å². The monoisotopic (exact) mass is 278 g/mol. The predicted octanol–water partition coefficient (Wildman–Crippen LogP) is 1.20. The summed E-state index contributed by atoms with van der Waals surface area (Å²) >= 11 is 0. The molecule has 1 heterocycles. The summed E-state index contributed by atoms with van der Waals surface area (Å²) in [6, 6.07) is 1.08. The summed E-state index contributed by atoms with van der Waals surface area (Å²) < 4.78 is 15.8. The van der Waals surface area contributed by atoms with Gasteiger partial charge in [0.15, 0.2) is 7.83 Å². The van der Waals surface area contributed by atoms with Crippen molar-refractivity contribution in [1.29, 1.82) is 0 Å². The van der Waals surface area contributed by atoms with Crippen LogP contribution in [0.3, 0.4) is 0 Å². The van der Waals surface area contributed by atoms with Gasteiger partial charge in [0.05, 0.1) is 7.59 Å². The molecule has 2 unspecified atom stereocenters. The van der Waals surface area contributed by atoms with Gasteiger partial charge in [0.25, 0.3) is 0 Å². The van der Waals surface area contributed by atoms with Gasteiger partial charge in [0.2, 0.25) is 0 Å². The van der Waals surface area contributed by atoms with Gasteiger partial charge in [-0.15, -0.1) is 0 Å². The highest BCUT2D eigenvalue weighted by atomic mass is 29.3. The van der Waals surface area contributed by atoms with E-state index in [4.69, 9.17) is 13.6 Å². The molecular formula is C9H22O4Si3. The molecule has 0 N–H and O–H groups in total. The Balaban J connectivity index is 2.49. The first-order valence-corrected chi connectivity index (χ1v) is 13.6. The Kier molecular flexibility index (Phi) is 4.38. The molecule has 94 valence electrons. The van der Waals surface area contributed by atoms with E-state index in [0.717, 1.165) is 23.0 Å². The van der Waals surface area contributed by atoms with Gasteiger partial charge in [0.1, 0.15) is 23.2 Å². The summed E-state index contributed by atoms with van der Waals surface area (Å²) in [4.78, 5) is 10.8. The van der Waals surface area contributed by atoms with Gasteiger partial charge >= 0.3 is 6.16 Å². The zero-order valence-electron chi connectivity index (χ0n) is 10.8. The third-order valence-electron chi connectivity index (χ3n) is 3.63. The molecule has 1 fully saturated rings. The lowest BCUT2D eigenvalue weighted by atomic mass is 10.3. The zero-order valence-corrected chi connectivity index (χ0v) is 14.8. The number of rotatable bonds is 5. The Morgan fingerprint density at radius 3 is 2.44 bits per heavy atom. The Labute approximate surface area is 102 Å². The minimum atomic E-state index is -1.56. The van der Waals surface area contributed by atoms with E-state index in [1.54, 1.807) is 0 Å². The third kappa shape index (κ3) is 3.19. The van der Waals surface area contributed by atoms with Crippen molar-refractivity contribution in [2.24, 2.45) is 0 Å². The number of carbonyl (C=O) groups excluding carboxylic acids is 1. The molecule has 1 aliphatic heterocycles. The van der Waals surface area contributed by atoms with Crippen LogP contribution in [0.2, 0.25) is 32.2 Å². The fourth-order valence-electron chi connectivity index (χ4n) is 1.73. The van der Waals surface area contributed by atoms with Crippen LogP contribution in [0.5, 0.6) is 0 Å². The maximum Gasteiger partial charge on any atom is 0.508 e. The van der Waals surface area contributed by atoms with Crippen molar-refractivity contribution in [3.63, 3.8) is 0 Å². The Morgan fingerprint density at radius 2 is 2.06 bits per heavy atom. The molecule has 1 saturated heterocycles. The van der Waals surface area contributed by atoms with Crippen LogP contribution < -0.4 is 0 Å². The SMILES string of the molecule is C[Si](C)(C)[Si](C)(CCC1COC(=O)O1)O[SiH3]. The van der Waals surface area contributed by atoms with E-state index >= 15 is 0 Å². The van der Waals surface area contributed by atoms with Crippen molar-refractivity contribution in [1.82, 2.24) is 0 Å². The fourth-order valence-corrected chi connectivity index (χ4v) is 14.8. The largest absolute Gasteiger partial charge is 0.508 e. The normalized spacial score (nSPS) is 25.0. The second-order valence-electron chi connectivity index (χ2n) is 5.52. The lowest BCUT2D eigenvalue weighted by Crippen LogP contribution is -2.57. The summed E-state index contributed by atoms with van der Waals surface area (Å²) in [7, 11) is -1.98. The molecule has 2 atom stereocenters. The summed E-state index contributed by atoms with van der Waals surface area (Å²) in [6.45, 7) is 9.84. The first-order chi connectivity index (χ1) is 7.28. The summed E-state index contributed by atoms with van der Waals surface area (Å²) in [5.41, 5.74) is 0. The lowest BCUT2D eigenvalue weighted by Gasteiger charge is -2.37. The molecule has 7 heteroatoms. The van der Waals surface area contributed by atoms with Gasteiger partial charge in [-0.2, -0.15) is 0 Å². The highest BCUT2D eigenvalue weighted by Crippen LogP contribution is 2.27. The number of ether oxygens (including phenoxy) is 2. The lowest BCUT2D eigenvalue weighted by molar-refractivity contribution is 0.117. The van der Waals surface area contributed by atoms with E-state index in [0.29, 0.717) is 6.61 Å². The number of cyclic esters (lactones) is 2. The van der Waals surface area contributed by atoms with Crippen molar-refractivity contribution in [2.45, 2.75) is 44.8 Å². The predicted molar refractivity (Wildman–Crippen MR) is 71.6 cm³/mol. The van der Waals surface area contributed by atoms with E-state index in [1.807, 2.05) is 0 Å². The average molecular weight is 279 g/mol. The third-order valence-corrected chi connectivity index (χ3v) is 23.8. The van der Waals surface area contributed by atoms with Gasteiger partial charge in [-0.3, -0.25) is 0 Å². The van der Waals surface area contributed by atoms with Crippen LogP contribution >= 0.6 is 0 Å². The quantitative estimate of drug-likeness (QED) is 0.560. The van der Waals surface area contributed by atoms with Crippen LogP contribution in [0.1, 0.15) is 6.42 Å². The smallest absolute Gasteiger partial charge is 0.465 e. The summed E-state index contributed by atoms with van der Waals surface area (Å²) in [5, 5.41) is 0. The Morgan fingerprint density at radius 1 is 1.44 bits per heavy atom. The van der Waals surface area contributed by atoms with Crippen LogP contribution in [-0.4, -0.2) is 44.8 Å². The molecule has 0 saturated carbocycles. The van der Waals surface area contributed by atoms with Crippen molar-refractivity contribution >= 4 is 32.1 Å². The van der Waals surface area contributed by atoms with Crippen molar-refractivity contribution < 1.29 is 18.4 Å². The van der Waals surface area contributed by atoms with Gasteiger partial charge < -0.3 is 13.6 Å². The first-order valence-electron chi connectivity index (χ1n) is 5.67. The second kappa shape index (κ2) is 5.03. The van der Waals surface area contributed by atoms with E-state index < -0.39 is 21.6 Å². The molecule has 0 amide bonds. The second-order valence-corrected chi connectivity index (χ2v) is 22.3. The molecule has 4 nitrogen and oxygen atoms in total. The van der Waals surface area contributed by atoms with E-state index in [-0.39, 0.29) is 6.10 Å². The van der Waals surface area contributed by atoms with Crippen LogP contribution in [-0.2, 0) is 13.6 Å². The van der Waals surface area contributed by atoms with Crippen LogP contribution in [0, 0.1) is 0 Å². The van der Waals surface area contributed by atoms with Crippen molar-refractivity contribution in [2.75, 3.05) is 6.61 Å². The first kappa shape index (κ1) is 13.9. The Hall–Kier alpha value is -0.119. The van der Waals surface area contributed by atoms with E-state index in [9.17, 15) is 4.79 Å². The number of hydrogen-bond acceptors (Lipinski definition) is 4. The number of hydrogen-bond donors (Lipinski definition) is 0. The Bertz CT molecular complexity index is 266. The molecule has 16 heavy (non-hydrogen) atoms. The van der Waals surface area contributed by atoms with Crippen molar-refractivity contribution in [3.05, 3.63) is 0 Å². The molecule has 0 bridgehead atoms. The maximum absolute atomic E-state index is 10.8. The molecule has 0 aromatic rings.